The van der Waals surface area contributed by atoms with E-state index in [0.717, 1.165) is 0 Å². The van der Waals surface area contributed by atoms with E-state index in [1.807, 2.05) is 34.6 Å². The highest BCUT2D eigenvalue weighted by molar-refractivity contribution is 5.96. The second kappa shape index (κ2) is 11.8. The van der Waals surface area contributed by atoms with Crippen molar-refractivity contribution in [3.05, 3.63) is 23.8 Å². The molecule has 0 aromatic heterocycles. The van der Waals surface area contributed by atoms with Gasteiger partial charge in [0, 0.05) is 11.6 Å². The number of hydrogen-bond donors (Lipinski definition) is 2. The summed E-state index contributed by atoms with van der Waals surface area (Å²) in [5.74, 6) is -0.267. The molecule has 0 aliphatic rings. The van der Waals surface area contributed by atoms with Crippen LogP contribution in [0.2, 0.25) is 0 Å². The number of nitrogens with one attached hydrogen (secondary N) is 2. The van der Waals surface area contributed by atoms with Gasteiger partial charge in [0.2, 0.25) is 0 Å². The van der Waals surface area contributed by atoms with Crippen molar-refractivity contribution < 1.29 is 28.6 Å². The third-order valence-electron chi connectivity index (χ3n) is 3.95. The third-order valence-corrected chi connectivity index (χ3v) is 3.95. The maximum absolute atomic E-state index is 12.2. The zero-order valence-corrected chi connectivity index (χ0v) is 17.2. The van der Waals surface area contributed by atoms with Crippen LogP contribution < -0.4 is 20.1 Å². The Hall–Kier alpha value is -2.77. The summed E-state index contributed by atoms with van der Waals surface area (Å²) >= 11 is 0. The Kier molecular flexibility index (Phi) is 9.84. The van der Waals surface area contributed by atoms with Crippen LogP contribution in [0.5, 0.6) is 11.5 Å². The van der Waals surface area contributed by atoms with E-state index in [9.17, 15) is 14.4 Å². The first-order chi connectivity index (χ1) is 13.3. The number of carbonyl (C=O) groups excluding carboxylic acids is 3. The van der Waals surface area contributed by atoms with Crippen LogP contribution in [-0.4, -0.2) is 50.2 Å². The molecular formula is C20H30N2O6. The summed E-state index contributed by atoms with van der Waals surface area (Å²) in [6.07, 6.45) is 0. The second-order valence-electron chi connectivity index (χ2n) is 6.47. The summed E-state index contributed by atoms with van der Waals surface area (Å²) in [6, 6.07) is 4.75. The molecule has 2 amide bonds. The first-order valence-corrected chi connectivity index (χ1v) is 9.41. The average Bonchev–Trinajstić information content (AvgIpc) is 2.66. The molecule has 1 rings (SSSR count). The normalized spacial score (nSPS) is 11.5. The first-order valence-electron chi connectivity index (χ1n) is 9.41. The van der Waals surface area contributed by atoms with E-state index < -0.39 is 11.9 Å². The molecule has 1 aromatic rings. The van der Waals surface area contributed by atoms with Gasteiger partial charge in [-0.3, -0.25) is 14.4 Å². The van der Waals surface area contributed by atoms with Crippen LogP contribution in [0.25, 0.3) is 0 Å². The number of amides is 2. The van der Waals surface area contributed by atoms with Crippen LogP contribution in [0.15, 0.2) is 18.2 Å². The highest BCUT2D eigenvalue weighted by Crippen LogP contribution is 2.28. The maximum Gasteiger partial charge on any atom is 0.325 e. The minimum Gasteiger partial charge on any atom is -0.490 e. The lowest BCUT2D eigenvalue weighted by Crippen LogP contribution is -2.39. The molecule has 0 aliphatic carbocycles. The van der Waals surface area contributed by atoms with Crippen molar-refractivity contribution in [3.63, 3.8) is 0 Å². The van der Waals surface area contributed by atoms with Gasteiger partial charge in [0.1, 0.15) is 6.54 Å². The molecule has 1 atom stereocenters. The molecule has 156 valence electrons. The molecule has 8 nitrogen and oxygen atoms in total. The van der Waals surface area contributed by atoms with Crippen LogP contribution in [0.4, 0.5) is 0 Å². The SMILES string of the molecule is CCOc1ccc(C(=O)NCC(=O)OCC(=O)NC(C)C(C)C)cc1OCC. The van der Waals surface area contributed by atoms with Crippen molar-refractivity contribution in [2.45, 2.75) is 40.7 Å². The molecule has 0 bridgehead atoms. The fourth-order valence-electron chi connectivity index (χ4n) is 2.11. The molecule has 28 heavy (non-hydrogen) atoms. The number of hydrogen-bond acceptors (Lipinski definition) is 6. The summed E-state index contributed by atoms with van der Waals surface area (Å²) in [6.45, 7) is 9.68. The smallest absolute Gasteiger partial charge is 0.325 e. The molecule has 8 heteroatoms. The van der Waals surface area contributed by atoms with Crippen LogP contribution in [0, 0.1) is 5.92 Å². The van der Waals surface area contributed by atoms with Crippen molar-refractivity contribution in [2.24, 2.45) is 5.92 Å². The van der Waals surface area contributed by atoms with E-state index in [1.54, 1.807) is 18.2 Å². The molecule has 0 fully saturated rings. The summed E-state index contributed by atoms with van der Waals surface area (Å²) in [5, 5.41) is 5.19. The van der Waals surface area contributed by atoms with Crippen LogP contribution in [0.3, 0.4) is 0 Å². The zero-order valence-electron chi connectivity index (χ0n) is 17.2. The average molecular weight is 394 g/mol. The topological polar surface area (TPSA) is 103 Å². The molecular weight excluding hydrogens is 364 g/mol. The lowest BCUT2D eigenvalue weighted by Gasteiger charge is -2.17. The molecule has 0 saturated heterocycles. The van der Waals surface area contributed by atoms with Crippen molar-refractivity contribution in [2.75, 3.05) is 26.4 Å². The van der Waals surface area contributed by atoms with Crippen LogP contribution in [-0.2, 0) is 14.3 Å². The lowest BCUT2D eigenvalue weighted by atomic mass is 10.1. The standard InChI is InChI=1S/C20H30N2O6/c1-6-26-16-9-8-15(10-17(16)27-7-2)20(25)21-11-19(24)28-12-18(23)22-14(5)13(3)4/h8-10,13-14H,6-7,11-12H2,1-5H3,(H,21,25)(H,22,23). The molecule has 1 unspecified atom stereocenters. The van der Waals surface area contributed by atoms with Crippen molar-refractivity contribution >= 4 is 17.8 Å². The van der Waals surface area contributed by atoms with Gasteiger partial charge >= 0.3 is 5.97 Å². The molecule has 0 spiro atoms. The number of rotatable bonds is 11. The van der Waals surface area contributed by atoms with Crippen molar-refractivity contribution in [1.29, 1.82) is 0 Å². The van der Waals surface area contributed by atoms with Gasteiger partial charge in [0.15, 0.2) is 18.1 Å². The quantitative estimate of drug-likeness (QED) is 0.556. The van der Waals surface area contributed by atoms with Gasteiger partial charge in [-0.05, 0) is 44.9 Å². The molecule has 0 saturated carbocycles. The number of esters is 1. The zero-order chi connectivity index (χ0) is 21.1. The molecule has 2 N–H and O–H groups in total. The van der Waals surface area contributed by atoms with Gasteiger partial charge in [0.05, 0.1) is 13.2 Å². The first kappa shape index (κ1) is 23.3. The maximum atomic E-state index is 12.2. The summed E-state index contributed by atoms with van der Waals surface area (Å²) in [4.78, 5) is 35.7. The Bertz CT molecular complexity index is 675. The number of benzene rings is 1. The minimum atomic E-state index is -0.698. The predicted octanol–water partition coefficient (Wildman–Crippen LogP) is 1.92. The van der Waals surface area contributed by atoms with E-state index >= 15 is 0 Å². The number of carbonyl (C=O) groups is 3. The fraction of sp³-hybridized carbons (Fsp3) is 0.550. The second-order valence-corrected chi connectivity index (χ2v) is 6.47. The van der Waals surface area contributed by atoms with Crippen LogP contribution in [0.1, 0.15) is 45.0 Å². The van der Waals surface area contributed by atoms with Gasteiger partial charge < -0.3 is 24.8 Å². The minimum absolute atomic E-state index is 0.0231. The molecule has 0 heterocycles. The van der Waals surface area contributed by atoms with Gasteiger partial charge in [-0.15, -0.1) is 0 Å². The Morgan fingerprint density at radius 2 is 1.64 bits per heavy atom. The molecule has 0 aliphatic heterocycles. The van der Waals surface area contributed by atoms with Gasteiger partial charge in [0.25, 0.3) is 11.8 Å². The van der Waals surface area contributed by atoms with E-state index in [2.05, 4.69) is 10.6 Å². The largest absolute Gasteiger partial charge is 0.490 e. The van der Waals surface area contributed by atoms with Crippen LogP contribution >= 0.6 is 0 Å². The third kappa shape index (κ3) is 7.85. The highest BCUT2D eigenvalue weighted by atomic mass is 16.5. The summed E-state index contributed by atoms with van der Waals surface area (Å²) in [7, 11) is 0. The van der Waals surface area contributed by atoms with Gasteiger partial charge in [-0.2, -0.15) is 0 Å². The Labute approximate surface area is 165 Å². The Morgan fingerprint density at radius 1 is 1.00 bits per heavy atom. The van der Waals surface area contributed by atoms with Gasteiger partial charge in [-0.25, -0.2) is 0 Å². The summed E-state index contributed by atoms with van der Waals surface area (Å²) in [5.41, 5.74) is 0.322. The Morgan fingerprint density at radius 3 is 2.25 bits per heavy atom. The van der Waals surface area contributed by atoms with Crippen molar-refractivity contribution in [1.82, 2.24) is 10.6 Å². The Balaban J connectivity index is 2.51. The summed E-state index contributed by atoms with van der Waals surface area (Å²) < 4.78 is 15.8. The highest BCUT2D eigenvalue weighted by Gasteiger charge is 2.15. The van der Waals surface area contributed by atoms with E-state index in [-0.39, 0.29) is 31.0 Å². The molecule has 1 aromatic carbocycles. The number of ether oxygens (including phenoxy) is 3. The van der Waals surface area contributed by atoms with E-state index in [4.69, 9.17) is 14.2 Å². The van der Waals surface area contributed by atoms with E-state index in [0.29, 0.717) is 30.3 Å². The molecule has 0 radical (unpaired) electrons. The predicted molar refractivity (Wildman–Crippen MR) is 105 cm³/mol. The van der Waals surface area contributed by atoms with Gasteiger partial charge in [-0.1, -0.05) is 13.8 Å². The fourth-order valence-corrected chi connectivity index (χ4v) is 2.11. The monoisotopic (exact) mass is 394 g/mol. The lowest BCUT2D eigenvalue weighted by molar-refractivity contribution is -0.147. The van der Waals surface area contributed by atoms with Crippen molar-refractivity contribution in [3.8, 4) is 11.5 Å². The van der Waals surface area contributed by atoms with E-state index in [1.165, 1.54) is 0 Å².